The van der Waals surface area contributed by atoms with Gasteiger partial charge in [0.15, 0.2) is 5.96 Å². The van der Waals surface area contributed by atoms with E-state index in [4.69, 9.17) is 10.7 Å². The Labute approximate surface area is 184 Å². The number of nitrogens with one attached hydrogen (secondary N) is 2. The molecule has 6 nitrogen and oxygen atoms in total. The number of nitrogens with zero attached hydrogens (tertiary/aromatic N) is 2. The second kappa shape index (κ2) is 9.96. The summed E-state index contributed by atoms with van der Waals surface area (Å²) in [7, 11) is 0. The fourth-order valence-electron chi connectivity index (χ4n) is 4.60. The average molecular weight is 420 g/mol. The van der Waals surface area contributed by atoms with Crippen LogP contribution in [-0.2, 0) is 10.3 Å². The first-order valence-electron chi connectivity index (χ1n) is 11.4. The van der Waals surface area contributed by atoms with Crippen LogP contribution in [0, 0.1) is 0 Å². The van der Waals surface area contributed by atoms with Crippen molar-refractivity contribution in [2.45, 2.75) is 43.7 Å². The maximum atomic E-state index is 12.2. The summed E-state index contributed by atoms with van der Waals surface area (Å²) in [5.41, 5.74) is 8.21. The van der Waals surface area contributed by atoms with Crippen molar-refractivity contribution in [3.63, 3.8) is 0 Å². The zero-order valence-electron chi connectivity index (χ0n) is 18.1. The number of amides is 1. The molecule has 6 heteroatoms. The van der Waals surface area contributed by atoms with E-state index in [1.54, 1.807) is 0 Å². The highest BCUT2D eigenvalue weighted by atomic mass is 16.2. The molecule has 1 atom stereocenters. The Morgan fingerprint density at radius 3 is 2.35 bits per heavy atom. The highest BCUT2D eigenvalue weighted by Crippen LogP contribution is 2.38. The molecule has 1 saturated heterocycles. The number of guanidine groups is 1. The van der Waals surface area contributed by atoms with Crippen LogP contribution in [-0.4, -0.2) is 49.0 Å². The van der Waals surface area contributed by atoms with Gasteiger partial charge in [-0.2, -0.15) is 0 Å². The van der Waals surface area contributed by atoms with Crippen molar-refractivity contribution in [1.29, 1.82) is 0 Å². The van der Waals surface area contributed by atoms with E-state index in [-0.39, 0.29) is 11.9 Å². The summed E-state index contributed by atoms with van der Waals surface area (Å²) in [6, 6.07) is 20.8. The first kappa shape index (κ1) is 21.4. The van der Waals surface area contributed by atoms with Crippen LogP contribution < -0.4 is 16.4 Å². The van der Waals surface area contributed by atoms with Crippen molar-refractivity contribution in [2.24, 2.45) is 10.7 Å². The lowest BCUT2D eigenvalue weighted by molar-refractivity contribution is -0.123. The predicted molar refractivity (Wildman–Crippen MR) is 125 cm³/mol. The van der Waals surface area contributed by atoms with E-state index in [9.17, 15) is 4.79 Å². The average Bonchev–Trinajstić information content (AvgIpc) is 3.18. The normalized spacial score (nSPS) is 20.3. The molecule has 0 bridgehead atoms. The minimum Gasteiger partial charge on any atom is -0.370 e. The monoisotopic (exact) mass is 419 g/mol. The summed E-state index contributed by atoms with van der Waals surface area (Å²) in [5, 5.41) is 6.37. The van der Waals surface area contributed by atoms with Gasteiger partial charge in [-0.15, -0.1) is 0 Å². The number of piperidine rings is 1. The van der Waals surface area contributed by atoms with Crippen LogP contribution in [0.25, 0.3) is 0 Å². The number of benzene rings is 2. The van der Waals surface area contributed by atoms with Crippen LogP contribution in [0.5, 0.6) is 0 Å². The molecule has 0 aromatic heterocycles. The molecule has 2 aromatic rings. The second-order valence-corrected chi connectivity index (χ2v) is 8.48. The van der Waals surface area contributed by atoms with Gasteiger partial charge in [-0.3, -0.25) is 4.79 Å². The van der Waals surface area contributed by atoms with Crippen LogP contribution in [0.2, 0.25) is 0 Å². The van der Waals surface area contributed by atoms with Gasteiger partial charge in [-0.1, -0.05) is 67.1 Å². The summed E-state index contributed by atoms with van der Waals surface area (Å²) in [6.07, 6.45) is 5.10. The molecular weight excluding hydrogens is 386 g/mol. The van der Waals surface area contributed by atoms with E-state index in [2.05, 4.69) is 64.1 Å². The van der Waals surface area contributed by atoms with E-state index in [1.165, 1.54) is 0 Å². The van der Waals surface area contributed by atoms with Crippen molar-refractivity contribution in [3.05, 3.63) is 71.8 Å². The van der Waals surface area contributed by atoms with E-state index >= 15 is 0 Å². The Morgan fingerprint density at radius 1 is 1.06 bits per heavy atom. The third-order valence-corrected chi connectivity index (χ3v) is 6.33. The number of carbonyl (C=O) groups is 1. The predicted octanol–water partition coefficient (Wildman–Crippen LogP) is 2.60. The quantitative estimate of drug-likeness (QED) is 0.575. The summed E-state index contributed by atoms with van der Waals surface area (Å²) >= 11 is 0. The second-order valence-electron chi connectivity index (χ2n) is 8.48. The Kier molecular flexibility index (Phi) is 6.87. The first-order chi connectivity index (χ1) is 15.2. The number of nitrogens with two attached hydrogens (primary N) is 1. The van der Waals surface area contributed by atoms with E-state index in [0.29, 0.717) is 12.5 Å². The number of rotatable bonds is 8. The van der Waals surface area contributed by atoms with Gasteiger partial charge in [0.1, 0.15) is 5.54 Å². The van der Waals surface area contributed by atoms with E-state index in [0.717, 1.165) is 62.9 Å². The van der Waals surface area contributed by atoms with Crippen LogP contribution in [0.4, 0.5) is 0 Å². The lowest BCUT2D eigenvalue weighted by Crippen LogP contribution is -2.46. The summed E-state index contributed by atoms with van der Waals surface area (Å²) < 4.78 is 0. The van der Waals surface area contributed by atoms with Crippen LogP contribution >= 0.6 is 0 Å². The van der Waals surface area contributed by atoms with E-state index in [1.807, 2.05) is 12.1 Å². The molecule has 1 fully saturated rings. The first-order valence-corrected chi connectivity index (χ1v) is 11.4. The van der Waals surface area contributed by atoms with Gasteiger partial charge in [0.2, 0.25) is 5.91 Å². The summed E-state index contributed by atoms with van der Waals surface area (Å²) in [6.45, 7) is 3.19. The minimum atomic E-state index is -0.479. The Morgan fingerprint density at radius 2 is 1.74 bits per heavy atom. The molecule has 2 aliphatic rings. The van der Waals surface area contributed by atoms with Crippen molar-refractivity contribution in [1.82, 2.24) is 15.5 Å². The van der Waals surface area contributed by atoms with Gasteiger partial charge < -0.3 is 21.3 Å². The molecule has 2 aliphatic heterocycles. The number of hydrogen-bond acceptors (Lipinski definition) is 5. The maximum Gasteiger partial charge on any atom is 0.237 e. The number of hydrogen-bond donors (Lipinski definition) is 3. The molecule has 0 aliphatic carbocycles. The van der Waals surface area contributed by atoms with Crippen molar-refractivity contribution in [3.8, 4) is 0 Å². The number of carbonyl (C=O) groups excluding carboxylic acids is 1. The standard InChI is InChI=1S/C25H33N5O/c26-24-29-25(20-11-3-1-4-12-20,21-13-5-2-6-14-21)19-30(24)18-10-9-17-28-23(31)22-15-7-8-16-27-22/h1-6,11-14,22,27H,7-10,15-19H2,(H2,26,29)(H,28,31). The van der Waals surface area contributed by atoms with Crippen LogP contribution in [0.1, 0.15) is 43.2 Å². The molecular formula is C25H33N5O. The van der Waals surface area contributed by atoms with Gasteiger partial charge in [-0.25, -0.2) is 4.99 Å². The molecule has 0 spiro atoms. The third kappa shape index (κ3) is 4.90. The van der Waals surface area contributed by atoms with E-state index < -0.39 is 5.54 Å². The molecule has 164 valence electrons. The number of aliphatic imine (C=N–C) groups is 1. The van der Waals surface area contributed by atoms with Gasteiger partial charge in [0, 0.05) is 13.1 Å². The molecule has 1 amide bonds. The zero-order valence-corrected chi connectivity index (χ0v) is 18.1. The molecule has 4 rings (SSSR count). The molecule has 4 N–H and O–H groups in total. The molecule has 31 heavy (non-hydrogen) atoms. The molecule has 2 aromatic carbocycles. The van der Waals surface area contributed by atoms with Crippen LogP contribution in [0.3, 0.4) is 0 Å². The smallest absolute Gasteiger partial charge is 0.237 e. The molecule has 0 saturated carbocycles. The fourth-order valence-corrected chi connectivity index (χ4v) is 4.60. The van der Waals surface area contributed by atoms with Gasteiger partial charge in [-0.05, 0) is 43.4 Å². The minimum absolute atomic E-state index is 0.0209. The molecule has 2 heterocycles. The van der Waals surface area contributed by atoms with Gasteiger partial charge >= 0.3 is 0 Å². The SMILES string of the molecule is NC1=NC(c2ccccc2)(c2ccccc2)CN1CCCCNC(=O)C1CCCCN1. The highest BCUT2D eigenvalue weighted by Gasteiger charge is 2.41. The van der Waals surface area contributed by atoms with Gasteiger partial charge in [0.25, 0.3) is 0 Å². The maximum absolute atomic E-state index is 12.2. The third-order valence-electron chi connectivity index (χ3n) is 6.33. The summed E-state index contributed by atoms with van der Waals surface area (Å²) in [4.78, 5) is 19.4. The topological polar surface area (TPSA) is 82.8 Å². The number of unbranched alkanes of at least 4 members (excludes halogenated alkanes) is 1. The zero-order chi connectivity index (χ0) is 21.5. The summed E-state index contributed by atoms with van der Waals surface area (Å²) in [5.74, 6) is 0.720. The lowest BCUT2D eigenvalue weighted by atomic mass is 9.83. The van der Waals surface area contributed by atoms with Crippen molar-refractivity contribution in [2.75, 3.05) is 26.2 Å². The fraction of sp³-hybridized carbons (Fsp3) is 0.440. The van der Waals surface area contributed by atoms with Crippen molar-refractivity contribution < 1.29 is 4.79 Å². The van der Waals surface area contributed by atoms with Crippen molar-refractivity contribution >= 4 is 11.9 Å². The highest BCUT2D eigenvalue weighted by molar-refractivity contribution is 5.82. The Hall–Kier alpha value is -2.86. The Bertz CT molecular complexity index is 838. The van der Waals surface area contributed by atoms with Gasteiger partial charge in [0.05, 0.1) is 12.6 Å². The molecule has 0 radical (unpaired) electrons. The Balaban J connectivity index is 1.33. The lowest BCUT2D eigenvalue weighted by Gasteiger charge is -2.29. The van der Waals surface area contributed by atoms with Crippen LogP contribution in [0.15, 0.2) is 65.7 Å². The largest absolute Gasteiger partial charge is 0.370 e. The molecule has 1 unspecified atom stereocenters.